The van der Waals surface area contributed by atoms with Gasteiger partial charge in [-0.05, 0) is 43.1 Å². The summed E-state index contributed by atoms with van der Waals surface area (Å²) in [4.78, 5) is 13.7. The monoisotopic (exact) mass is 301 g/mol. The quantitative estimate of drug-likeness (QED) is 0.883. The van der Waals surface area contributed by atoms with E-state index >= 15 is 0 Å². The first-order valence-electron chi connectivity index (χ1n) is 7.89. The highest BCUT2D eigenvalue weighted by Crippen LogP contribution is 2.23. The zero-order chi connectivity index (χ0) is 15.5. The highest BCUT2D eigenvalue weighted by atomic mass is 16.4. The molecule has 0 radical (unpaired) electrons. The summed E-state index contributed by atoms with van der Waals surface area (Å²) in [6.45, 7) is 5.51. The van der Waals surface area contributed by atoms with E-state index in [9.17, 15) is 4.79 Å². The van der Waals surface area contributed by atoms with Gasteiger partial charge in [-0.3, -0.25) is 0 Å². The Balaban J connectivity index is 1.72. The van der Waals surface area contributed by atoms with Gasteiger partial charge in [0, 0.05) is 50.3 Å². The molecule has 1 aromatic heterocycles. The number of carboxylic acids is 1. The van der Waals surface area contributed by atoms with Crippen molar-refractivity contribution in [1.29, 1.82) is 0 Å². The summed E-state index contributed by atoms with van der Waals surface area (Å²) in [5.41, 5.74) is 2.71. The van der Waals surface area contributed by atoms with E-state index in [4.69, 9.17) is 5.11 Å². The molecule has 2 heterocycles. The van der Waals surface area contributed by atoms with Crippen LogP contribution >= 0.6 is 0 Å². The maximum Gasteiger partial charge on any atom is 0.335 e. The third-order valence-electron chi connectivity index (χ3n) is 4.45. The number of hydrogen-bond acceptors (Lipinski definition) is 3. The molecule has 5 heteroatoms. The number of aromatic nitrogens is 1. The number of hydrogen-bond donors (Lipinski definition) is 2. The van der Waals surface area contributed by atoms with Gasteiger partial charge >= 0.3 is 5.97 Å². The summed E-state index contributed by atoms with van der Waals surface area (Å²) in [6, 6.07) is 5.38. The van der Waals surface area contributed by atoms with Crippen molar-refractivity contribution < 1.29 is 9.90 Å². The number of nitrogens with one attached hydrogen (secondary N) is 1. The van der Waals surface area contributed by atoms with Gasteiger partial charge in [-0.2, -0.15) is 0 Å². The number of fused-ring (bicyclic) bond motifs is 1. The third-order valence-corrected chi connectivity index (χ3v) is 4.45. The predicted octanol–water partition coefficient (Wildman–Crippen LogP) is 1.71. The van der Waals surface area contributed by atoms with Crippen LogP contribution < -0.4 is 5.32 Å². The number of rotatable bonds is 5. The van der Waals surface area contributed by atoms with Crippen molar-refractivity contribution in [3.05, 3.63) is 35.5 Å². The van der Waals surface area contributed by atoms with Crippen LogP contribution in [0.1, 0.15) is 22.3 Å². The lowest BCUT2D eigenvalue weighted by Gasteiger charge is -2.26. The minimum atomic E-state index is -0.863. The molecule has 118 valence electrons. The van der Waals surface area contributed by atoms with Crippen LogP contribution in [0.5, 0.6) is 0 Å². The fourth-order valence-electron chi connectivity index (χ4n) is 3.23. The Bertz CT molecular complexity index is 672. The Labute approximate surface area is 130 Å². The number of carbonyl (C=O) groups is 1. The molecule has 1 aliphatic heterocycles. The zero-order valence-electron chi connectivity index (χ0n) is 13.0. The summed E-state index contributed by atoms with van der Waals surface area (Å²) < 4.78 is 2.08. The van der Waals surface area contributed by atoms with Crippen LogP contribution in [0.4, 0.5) is 0 Å². The van der Waals surface area contributed by atoms with Gasteiger partial charge in [0.05, 0.1) is 5.56 Å². The van der Waals surface area contributed by atoms with Crippen LogP contribution in [-0.2, 0) is 13.5 Å². The van der Waals surface area contributed by atoms with Crippen molar-refractivity contribution in [3.8, 4) is 0 Å². The van der Waals surface area contributed by atoms with Gasteiger partial charge in [-0.25, -0.2) is 4.79 Å². The molecule has 0 amide bonds. The lowest BCUT2D eigenvalue weighted by Crippen LogP contribution is -2.43. The SMILES string of the molecule is Cn1cc(CCCN2CCNCC2)c2cc(C(=O)O)ccc21. The largest absolute Gasteiger partial charge is 0.478 e. The minimum Gasteiger partial charge on any atom is -0.478 e. The molecule has 2 aromatic rings. The maximum absolute atomic E-state index is 11.2. The Morgan fingerprint density at radius 2 is 2.09 bits per heavy atom. The van der Waals surface area contributed by atoms with E-state index < -0.39 is 5.97 Å². The van der Waals surface area contributed by atoms with Crippen molar-refractivity contribution >= 4 is 16.9 Å². The second kappa shape index (κ2) is 6.50. The van der Waals surface area contributed by atoms with Crippen molar-refractivity contribution in [3.63, 3.8) is 0 Å². The van der Waals surface area contributed by atoms with Crippen LogP contribution in [0.25, 0.3) is 10.9 Å². The fourth-order valence-corrected chi connectivity index (χ4v) is 3.23. The summed E-state index contributed by atoms with van der Waals surface area (Å²) in [5.74, 6) is -0.863. The molecule has 0 bridgehead atoms. The van der Waals surface area contributed by atoms with E-state index in [-0.39, 0.29) is 0 Å². The first-order chi connectivity index (χ1) is 10.6. The molecule has 0 aliphatic carbocycles. The van der Waals surface area contributed by atoms with Crippen molar-refractivity contribution in [1.82, 2.24) is 14.8 Å². The lowest BCUT2D eigenvalue weighted by molar-refractivity contribution is 0.0697. The van der Waals surface area contributed by atoms with E-state index in [1.165, 1.54) is 5.56 Å². The Morgan fingerprint density at radius 1 is 1.32 bits per heavy atom. The van der Waals surface area contributed by atoms with Crippen LogP contribution in [0.15, 0.2) is 24.4 Å². The smallest absolute Gasteiger partial charge is 0.335 e. The molecule has 0 saturated carbocycles. The average Bonchev–Trinajstić information content (AvgIpc) is 2.84. The van der Waals surface area contributed by atoms with Crippen molar-refractivity contribution in [2.24, 2.45) is 7.05 Å². The van der Waals surface area contributed by atoms with Gasteiger partial charge in [-0.1, -0.05) is 0 Å². The summed E-state index contributed by atoms with van der Waals surface area (Å²) >= 11 is 0. The maximum atomic E-state index is 11.2. The minimum absolute atomic E-state index is 0.363. The van der Waals surface area contributed by atoms with E-state index in [0.29, 0.717) is 5.56 Å². The van der Waals surface area contributed by atoms with E-state index in [0.717, 1.165) is 56.5 Å². The Kier molecular flexibility index (Phi) is 4.45. The summed E-state index contributed by atoms with van der Waals surface area (Å²) in [5, 5.41) is 13.6. The highest BCUT2D eigenvalue weighted by Gasteiger charge is 2.12. The number of aromatic carboxylic acids is 1. The van der Waals surface area contributed by atoms with E-state index in [2.05, 4.69) is 21.0 Å². The summed E-state index contributed by atoms with van der Waals surface area (Å²) in [6.07, 6.45) is 4.23. The molecule has 0 atom stereocenters. The zero-order valence-corrected chi connectivity index (χ0v) is 13.0. The van der Waals surface area contributed by atoms with Crippen LogP contribution in [0.2, 0.25) is 0 Å². The van der Waals surface area contributed by atoms with Crippen LogP contribution in [0.3, 0.4) is 0 Å². The van der Waals surface area contributed by atoms with Gasteiger partial charge < -0.3 is 19.9 Å². The third kappa shape index (κ3) is 3.15. The first kappa shape index (κ1) is 15.1. The second-order valence-corrected chi connectivity index (χ2v) is 6.00. The van der Waals surface area contributed by atoms with E-state index in [1.54, 1.807) is 12.1 Å². The van der Waals surface area contributed by atoms with Gasteiger partial charge in [0.25, 0.3) is 0 Å². The predicted molar refractivity (Wildman–Crippen MR) is 87.5 cm³/mol. The normalized spacial score (nSPS) is 16.2. The molecule has 1 saturated heterocycles. The summed E-state index contributed by atoms with van der Waals surface area (Å²) in [7, 11) is 2.02. The molecule has 1 aromatic carbocycles. The van der Waals surface area contributed by atoms with E-state index in [1.807, 2.05) is 13.1 Å². The lowest BCUT2D eigenvalue weighted by atomic mass is 10.1. The topological polar surface area (TPSA) is 57.5 Å². The molecular weight excluding hydrogens is 278 g/mol. The average molecular weight is 301 g/mol. The van der Waals surface area contributed by atoms with Crippen molar-refractivity contribution in [2.75, 3.05) is 32.7 Å². The fraction of sp³-hybridized carbons (Fsp3) is 0.471. The van der Waals surface area contributed by atoms with Crippen LogP contribution in [-0.4, -0.2) is 53.3 Å². The second-order valence-electron chi connectivity index (χ2n) is 6.00. The van der Waals surface area contributed by atoms with Gasteiger partial charge in [0.1, 0.15) is 0 Å². The molecule has 5 nitrogen and oxygen atoms in total. The molecule has 22 heavy (non-hydrogen) atoms. The number of nitrogens with zero attached hydrogens (tertiary/aromatic N) is 2. The van der Waals surface area contributed by atoms with Gasteiger partial charge in [-0.15, -0.1) is 0 Å². The molecule has 0 spiro atoms. The molecule has 1 fully saturated rings. The Morgan fingerprint density at radius 3 is 2.82 bits per heavy atom. The van der Waals surface area contributed by atoms with Crippen molar-refractivity contribution in [2.45, 2.75) is 12.8 Å². The number of aryl methyl sites for hydroxylation is 2. The molecular formula is C17H23N3O2. The number of piperazine rings is 1. The standard InChI is InChI=1S/C17H23N3O2/c1-19-12-14(3-2-8-20-9-6-18-7-10-20)15-11-13(17(21)22)4-5-16(15)19/h4-5,11-12,18H,2-3,6-10H2,1H3,(H,21,22). The molecule has 0 unspecified atom stereocenters. The highest BCUT2D eigenvalue weighted by molar-refractivity contribution is 5.94. The molecule has 2 N–H and O–H groups in total. The number of benzene rings is 1. The Hall–Kier alpha value is -1.85. The van der Waals surface area contributed by atoms with Crippen LogP contribution in [0, 0.1) is 0 Å². The van der Waals surface area contributed by atoms with Gasteiger partial charge in [0.2, 0.25) is 0 Å². The molecule has 3 rings (SSSR count). The first-order valence-corrected chi connectivity index (χ1v) is 7.89. The molecule has 1 aliphatic rings. The van der Waals surface area contributed by atoms with Gasteiger partial charge in [0.15, 0.2) is 0 Å². The number of carboxylic acid groups (broad SMARTS) is 1.